The summed E-state index contributed by atoms with van der Waals surface area (Å²) in [6, 6.07) is 18.4. The molecule has 2 aromatic carbocycles. The summed E-state index contributed by atoms with van der Waals surface area (Å²) in [4.78, 5) is 14.6. The van der Waals surface area contributed by atoms with E-state index in [1.165, 1.54) is 6.92 Å². The molecule has 0 bridgehead atoms. The first-order valence-electron chi connectivity index (χ1n) is 10.0. The van der Waals surface area contributed by atoms with Gasteiger partial charge in [0.15, 0.2) is 6.29 Å². The number of carbonyl (C=O) groups excluding carboxylic acids is 1. The van der Waals surface area contributed by atoms with E-state index in [0.29, 0.717) is 0 Å². The summed E-state index contributed by atoms with van der Waals surface area (Å²) in [6.45, 7) is 1.71. The van der Waals surface area contributed by atoms with Crippen molar-refractivity contribution in [3.8, 4) is 0 Å². The van der Waals surface area contributed by atoms with E-state index in [-0.39, 0.29) is 25.7 Å². The molecule has 0 spiro atoms. The second-order valence-corrected chi connectivity index (χ2v) is 7.23. The van der Waals surface area contributed by atoms with Gasteiger partial charge in [-0.2, -0.15) is 0 Å². The van der Waals surface area contributed by atoms with Crippen molar-refractivity contribution >= 4 is 5.91 Å². The maximum atomic E-state index is 11.9. The Morgan fingerprint density at radius 3 is 2.26 bits per heavy atom. The van der Waals surface area contributed by atoms with Gasteiger partial charge in [-0.15, -0.1) is 0 Å². The fourth-order valence-corrected chi connectivity index (χ4v) is 3.46. The zero-order valence-corrected chi connectivity index (χ0v) is 17.2. The van der Waals surface area contributed by atoms with E-state index in [1.54, 1.807) is 0 Å². The lowest BCUT2D eigenvalue weighted by Crippen LogP contribution is -2.50. The van der Waals surface area contributed by atoms with Crippen LogP contribution >= 0.6 is 0 Å². The molecule has 1 aliphatic heterocycles. The van der Waals surface area contributed by atoms with Gasteiger partial charge in [-0.05, 0) is 16.7 Å². The summed E-state index contributed by atoms with van der Waals surface area (Å²) in [5.41, 5.74) is 10.5. The number of ether oxygens (including phenoxy) is 3. The van der Waals surface area contributed by atoms with E-state index in [1.807, 2.05) is 60.7 Å². The highest BCUT2D eigenvalue weighted by molar-refractivity contribution is 5.73. The van der Waals surface area contributed by atoms with Crippen LogP contribution in [0.25, 0.3) is 10.4 Å². The molecule has 31 heavy (non-hydrogen) atoms. The molecule has 5 atom stereocenters. The highest BCUT2D eigenvalue weighted by atomic mass is 16.7. The smallest absolute Gasteiger partial charge is 0.217 e. The van der Waals surface area contributed by atoms with Crippen molar-refractivity contribution in [1.82, 2.24) is 5.32 Å². The summed E-state index contributed by atoms with van der Waals surface area (Å²) < 4.78 is 18.0. The van der Waals surface area contributed by atoms with Crippen LogP contribution < -0.4 is 5.32 Å². The Morgan fingerprint density at radius 2 is 1.71 bits per heavy atom. The molecule has 1 saturated heterocycles. The van der Waals surface area contributed by atoms with Crippen molar-refractivity contribution in [1.29, 1.82) is 0 Å². The van der Waals surface area contributed by atoms with Crippen LogP contribution in [0.3, 0.4) is 0 Å². The minimum Gasteiger partial charge on any atom is -0.390 e. The number of hydrogen-bond acceptors (Lipinski definition) is 6. The van der Waals surface area contributed by atoms with Crippen molar-refractivity contribution in [3.63, 3.8) is 0 Å². The molecule has 1 unspecified atom stereocenters. The molecule has 9 nitrogen and oxygen atoms in total. The first-order chi connectivity index (χ1) is 15.1. The first-order valence-corrected chi connectivity index (χ1v) is 10.0. The average Bonchev–Trinajstić information content (AvgIpc) is 3.12. The molecule has 0 saturated carbocycles. The maximum absolute atomic E-state index is 11.9. The van der Waals surface area contributed by atoms with Gasteiger partial charge in [0.25, 0.3) is 0 Å². The third kappa shape index (κ3) is 6.52. The van der Waals surface area contributed by atoms with Gasteiger partial charge in [-0.1, -0.05) is 65.8 Å². The summed E-state index contributed by atoms with van der Waals surface area (Å²) >= 11 is 0. The quantitative estimate of drug-likeness (QED) is 0.343. The predicted molar refractivity (Wildman–Crippen MR) is 113 cm³/mol. The molecular formula is C22H26N4O5. The Morgan fingerprint density at radius 1 is 1.13 bits per heavy atom. The SMILES string of the molecule is CC(=O)NC1[C@@H](OCc2ccccc2)O[C@H]([C@H](O)CN=[N+]=[N-])[C@H]1OCc1ccccc1. The number of nitrogens with one attached hydrogen (secondary N) is 1. The molecule has 0 aliphatic carbocycles. The van der Waals surface area contributed by atoms with Gasteiger partial charge < -0.3 is 24.6 Å². The highest BCUT2D eigenvalue weighted by Crippen LogP contribution is 2.29. The maximum Gasteiger partial charge on any atom is 0.217 e. The summed E-state index contributed by atoms with van der Waals surface area (Å²) in [7, 11) is 0. The van der Waals surface area contributed by atoms with Gasteiger partial charge >= 0.3 is 0 Å². The molecule has 9 heteroatoms. The molecule has 2 N–H and O–H groups in total. The van der Waals surface area contributed by atoms with Crippen LogP contribution in [-0.4, -0.2) is 48.2 Å². The molecular weight excluding hydrogens is 400 g/mol. The third-order valence-electron chi connectivity index (χ3n) is 4.89. The second kappa shape index (κ2) is 11.5. The van der Waals surface area contributed by atoms with Crippen LogP contribution in [0.15, 0.2) is 65.8 Å². The van der Waals surface area contributed by atoms with E-state index in [0.717, 1.165) is 11.1 Å². The third-order valence-corrected chi connectivity index (χ3v) is 4.89. The van der Waals surface area contributed by atoms with Crippen molar-refractivity contribution in [3.05, 3.63) is 82.2 Å². The van der Waals surface area contributed by atoms with Crippen LogP contribution in [0.4, 0.5) is 0 Å². The Hall–Kier alpha value is -2.94. The minimum atomic E-state index is -1.13. The summed E-state index contributed by atoms with van der Waals surface area (Å²) in [5.74, 6) is -0.277. The lowest BCUT2D eigenvalue weighted by molar-refractivity contribution is -0.169. The van der Waals surface area contributed by atoms with Crippen LogP contribution in [0.5, 0.6) is 0 Å². The number of amides is 1. The highest BCUT2D eigenvalue weighted by Gasteiger charge is 2.49. The van der Waals surface area contributed by atoms with Crippen LogP contribution in [0, 0.1) is 0 Å². The summed E-state index contributed by atoms with van der Waals surface area (Å²) in [6.07, 6.45) is -3.55. The molecule has 164 valence electrons. The monoisotopic (exact) mass is 426 g/mol. The molecule has 0 aromatic heterocycles. The van der Waals surface area contributed by atoms with Gasteiger partial charge in [-0.25, -0.2) is 0 Å². The van der Waals surface area contributed by atoms with Crippen molar-refractivity contribution in [2.24, 2.45) is 5.11 Å². The zero-order chi connectivity index (χ0) is 22.1. The van der Waals surface area contributed by atoms with Gasteiger partial charge in [0.2, 0.25) is 5.91 Å². The Labute approximate surface area is 180 Å². The molecule has 1 amide bonds. The topological polar surface area (TPSA) is 126 Å². The van der Waals surface area contributed by atoms with E-state index in [2.05, 4.69) is 15.3 Å². The van der Waals surface area contributed by atoms with Gasteiger partial charge in [0, 0.05) is 11.8 Å². The lowest BCUT2D eigenvalue weighted by Gasteiger charge is -2.26. The molecule has 1 aliphatic rings. The lowest BCUT2D eigenvalue weighted by atomic mass is 10.0. The van der Waals surface area contributed by atoms with Crippen molar-refractivity contribution < 1.29 is 24.1 Å². The van der Waals surface area contributed by atoms with Crippen molar-refractivity contribution in [2.45, 2.75) is 50.8 Å². The predicted octanol–water partition coefficient (Wildman–Crippen LogP) is 2.69. The van der Waals surface area contributed by atoms with Gasteiger partial charge in [0.05, 0.1) is 25.9 Å². The number of aliphatic hydroxyl groups is 1. The van der Waals surface area contributed by atoms with Crippen LogP contribution in [-0.2, 0) is 32.2 Å². The van der Waals surface area contributed by atoms with Gasteiger partial charge in [-0.3, -0.25) is 4.79 Å². The van der Waals surface area contributed by atoms with E-state index in [9.17, 15) is 9.90 Å². The van der Waals surface area contributed by atoms with Gasteiger partial charge in [0.1, 0.15) is 18.2 Å². The number of aliphatic hydroxyl groups excluding tert-OH is 1. The number of nitrogens with zero attached hydrogens (tertiary/aromatic N) is 3. The number of carbonyl (C=O) groups is 1. The van der Waals surface area contributed by atoms with Crippen LogP contribution in [0.2, 0.25) is 0 Å². The van der Waals surface area contributed by atoms with Crippen molar-refractivity contribution in [2.75, 3.05) is 6.54 Å². The van der Waals surface area contributed by atoms with E-state index >= 15 is 0 Å². The Bertz CT molecular complexity index is 876. The normalized spacial score (nSPS) is 23.7. The molecule has 3 rings (SSSR count). The average molecular weight is 426 g/mol. The second-order valence-electron chi connectivity index (χ2n) is 7.23. The number of benzene rings is 2. The Balaban J connectivity index is 1.78. The number of hydrogen-bond donors (Lipinski definition) is 2. The van der Waals surface area contributed by atoms with Crippen LogP contribution in [0.1, 0.15) is 18.1 Å². The minimum absolute atomic E-state index is 0.190. The number of azide groups is 1. The van der Waals surface area contributed by atoms with E-state index < -0.39 is 30.6 Å². The molecule has 1 fully saturated rings. The molecule has 0 radical (unpaired) electrons. The molecule has 1 heterocycles. The number of rotatable bonds is 10. The zero-order valence-electron chi connectivity index (χ0n) is 17.2. The standard InChI is InChI=1S/C22H26N4O5/c1-15(27)25-19-21(29-13-16-8-4-2-5-9-16)20(18(28)12-24-26-23)31-22(19)30-14-17-10-6-3-7-11-17/h2-11,18-22,28H,12-14H2,1H3,(H,25,27)/t18-,19?,20-,21+,22+/m1/s1. The van der Waals surface area contributed by atoms with E-state index in [4.69, 9.17) is 19.7 Å². The largest absolute Gasteiger partial charge is 0.390 e. The molecule has 2 aromatic rings. The fraction of sp³-hybridized carbons (Fsp3) is 0.409. The first kappa shape index (κ1) is 22.7. The Kier molecular flexibility index (Phi) is 8.40. The summed E-state index contributed by atoms with van der Waals surface area (Å²) in [5, 5.41) is 16.8. The fourth-order valence-electron chi connectivity index (χ4n) is 3.46.